The van der Waals surface area contributed by atoms with E-state index < -0.39 is 17.5 Å². The van der Waals surface area contributed by atoms with Crippen LogP contribution in [0.1, 0.15) is 20.8 Å². The number of rotatable bonds is 1. The quantitative estimate of drug-likeness (QED) is 0.767. The van der Waals surface area contributed by atoms with Gasteiger partial charge in [-0.2, -0.15) is 0 Å². The molecule has 1 aromatic rings. The van der Waals surface area contributed by atoms with E-state index >= 15 is 0 Å². The Bertz CT molecular complexity index is 446. The summed E-state index contributed by atoms with van der Waals surface area (Å²) < 4.78 is 18.9. The summed E-state index contributed by atoms with van der Waals surface area (Å²) in [5.41, 5.74) is -0.755. The average molecular weight is 325 g/mol. The monoisotopic (exact) mass is 323 g/mol. The summed E-state index contributed by atoms with van der Waals surface area (Å²) in [4.78, 5) is 11.5. The van der Waals surface area contributed by atoms with Crippen LogP contribution in [0.15, 0.2) is 16.6 Å². The Hall–Kier alpha value is -0.810. The summed E-state index contributed by atoms with van der Waals surface area (Å²) in [5.74, 6) is -0.636. The fourth-order valence-corrected chi connectivity index (χ4v) is 1.57. The fourth-order valence-electron chi connectivity index (χ4n) is 1.05. The molecule has 0 unspecified atom stereocenters. The van der Waals surface area contributed by atoms with Gasteiger partial charge in [-0.1, -0.05) is 11.6 Å². The second-order valence-electron chi connectivity index (χ2n) is 4.35. The average Bonchev–Trinajstić information content (AvgIpc) is 2.16. The molecule has 0 saturated heterocycles. The second-order valence-corrected chi connectivity index (χ2v) is 5.61. The standard InChI is InChI=1S/C11H12BrClFNO2/c1-11(2,3)17-10(16)15-9-7(13)5-4-6(12)8(9)14/h4-5H,1-3H3,(H,15,16). The van der Waals surface area contributed by atoms with Gasteiger partial charge in [0.15, 0.2) is 5.82 Å². The van der Waals surface area contributed by atoms with Gasteiger partial charge in [0, 0.05) is 0 Å². The summed E-state index contributed by atoms with van der Waals surface area (Å²) >= 11 is 8.79. The molecular weight excluding hydrogens is 312 g/mol. The van der Waals surface area contributed by atoms with E-state index in [-0.39, 0.29) is 15.2 Å². The molecule has 0 aromatic heterocycles. The third-order valence-corrected chi connectivity index (χ3v) is 2.60. The molecular formula is C11H12BrClFNO2. The summed E-state index contributed by atoms with van der Waals surface area (Å²) in [7, 11) is 0. The van der Waals surface area contributed by atoms with E-state index in [4.69, 9.17) is 16.3 Å². The number of carbonyl (C=O) groups is 1. The lowest BCUT2D eigenvalue weighted by Crippen LogP contribution is -2.27. The molecule has 0 spiro atoms. The lowest BCUT2D eigenvalue weighted by molar-refractivity contribution is 0.0635. The minimum absolute atomic E-state index is 0.102. The van der Waals surface area contributed by atoms with Gasteiger partial charge in [-0.25, -0.2) is 9.18 Å². The molecule has 0 heterocycles. The first-order chi connectivity index (χ1) is 7.70. The summed E-state index contributed by atoms with van der Waals surface area (Å²) in [6.45, 7) is 5.14. The van der Waals surface area contributed by atoms with Crippen LogP contribution in [0.5, 0.6) is 0 Å². The number of hydrogen-bond acceptors (Lipinski definition) is 2. The molecule has 1 N–H and O–H groups in total. The van der Waals surface area contributed by atoms with Gasteiger partial charge >= 0.3 is 6.09 Å². The third-order valence-electron chi connectivity index (χ3n) is 1.67. The zero-order valence-electron chi connectivity index (χ0n) is 9.61. The van der Waals surface area contributed by atoms with Crippen molar-refractivity contribution in [2.24, 2.45) is 0 Å². The minimum atomic E-state index is -0.753. The SMILES string of the molecule is CC(C)(C)OC(=O)Nc1c(Cl)ccc(Br)c1F. The van der Waals surface area contributed by atoms with Crippen LogP contribution in [0.25, 0.3) is 0 Å². The second kappa shape index (κ2) is 5.23. The number of amides is 1. The van der Waals surface area contributed by atoms with Crippen molar-refractivity contribution >= 4 is 39.3 Å². The first-order valence-corrected chi connectivity index (χ1v) is 6.01. The predicted octanol–water partition coefficient (Wildman–Crippen LogP) is 4.59. The fraction of sp³-hybridized carbons (Fsp3) is 0.364. The van der Waals surface area contributed by atoms with Gasteiger partial charge in [0.2, 0.25) is 0 Å². The van der Waals surface area contributed by atoms with Crippen molar-refractivity contribution in [3.63, 3.8) is 0 Å². The molecule has 1 amide bonds. The molecule has 0 atom stereocenters. The van der Waals surface area contributed by atoms with Gasteiger partial charge in [0.25, 0.3) is 0 Å². The van der Waals surface area contributed by atoms with E-state index in [9.17, 15) is 9.18 Å². The maximum absolute atomic E-state index is 13.7. The van der Waals surface area contributed by atoms with Crippen LogP contribution in [0.2, 0.25) is 5.02 Å². The number of halogens is 3. The molecule has 0 fully saturated rings. The number of hydrogen-bond donors (Lipinski definition) is 1. The van der Waals surface area contributed by atoms with Gasteiger partial charge < -0.3 is 4.74 Å². The molecule has 94 valence electrons. The van der Waals surface area contributed by atoms with E-state index in [0.717, 1.165) is 0 Å². The Kier molecular flexibility index (Phi) is 4.38. The highest BCUT2D eigenvalue weighted by molar-refractivity contribution is 9.10. The minimum Gasteiger partial charge on any atom is -0.444 e. The van der Waals surface area contributed by atoms with E-state index in [2.05, 4.69) is 21.2 Å². The highest BCUT2D eigenvalue weighted by Crippen LogP contribution is 2.30. The Morgan fingerprint density at radius 1 is 1.47 bits per heavy atom. The molecule has 17 heavy (non-hydrogen) atoms. The molecule has 1 rings (SSSR count). The van der Waals surface area contributed by atoms with Crippen LogP contribution in [0.3, 0.4) is 0 Å². The van der Waals surface area contributed by atoms with Gasteiger partial charge in [0.1, 0.15) is 5.60 Å². The van der Waals surface area contributed by atoms with Crippen LogP contribution in [-0.2, 0) is 4.74 Å². The topological polar surface area (TPSA) is 38.3 Å². The molecule has 0 aliphatic heterocycles. The first kappa shape index (κ1) is 14.3. The Morgan fingerprint density at radius 2 is 2.06 bits per heavy atom. The maximum atomic E-state index is 13.7. The highest BCUT2D eigenvalue weighted by atomic mass is 79.9. The normalized spacial score (nSPS) is 11.2. The van der Waals surface area contributed by atoms with Crippen LogP contribution < -0.4 is 5.32 Å². The number of ether oxygens (including phenoxy) is 1. The number of nitrogens with one attached hydrogen (secondary N) is 1. The number of benzene rings is 1. The molecule has 0 aliphatic carbocycles. The zero-order valence-corrected chi connectivity index (χ0v) is 11.9. The van der Waals surface area contributed by atoms with Crippen molar-refractivity contribution in [1.82, 2.24) is 0 Å². The molecule has 0 saturated carbocycles. The van der Waals surface area contributed by atoms with E-state index in [1.807, 2.05) is 0 Å². The highest BCUT2D eigenvalue weighted by Gasteiger charge is 2.19. The lowest BCUT2D eigenvalue weighted by Gasteiger charge is -2.20. The third kappa shape index (κ3) is 4.16. The smallest absolute Gasteiger partial charge is 0.412 e. The maximum Gasteiger partial charge on any atom is 0.412 e. The summed E-state index contributed by atoms with van der Waals surface area (Å²) in [5, 5.41) is 2.39. The van der Waals surface area contributed by atoms with Gasteiger partial charge in [0.05, 0.1) is 15.2 Å². The van der Waals surface area contributed by atoms with Crippen LogP contribution in [0, 0.1) is 5.82 Å². The van der Waals surface area contributed by atoms with E-state index in [0.29, 0.717) is 0 Å². The molecule has 0 bridgehead atoms. The van der Waals surface area contributed by atoms with Crippen molar-refractivity contribution < 1.29 is 13.9 Å². The number of anilines is 1. The van der Waals surface area contributed by atoms with Gasteiger partial charge in [-0.05, 0) is 48.8 Å². The van der Waals surface area contributed by atoms with Crippen molar-refractivity contribution in [1.29, 1.82) is 0 Å². The van der Waals surface area contributed by atoms with Crippen LogP contribution in [-0.4, -0.2) is 11.7 Å². The summed E-state index contributed by atoms with van der Waals surface area (Å²) in [6.07, 6.45) is -0.753. The number of carbonyl (C=O) groups excluding carboxylic acids is 1. The van der Waals surface area contributed by atoms with E-state index in [1.54, 1.807) is 20.8 Å². The predicted molar refractivity (Wildman–Crippen MR) is 69.0 cm³/mol. The van der Waals surface area contributed by atoms with Crippen LogP contribution >= 0.6 is 27.5 Å². The van der Waals surface area contributed by atoms with Gasteiger partial charge in [-0.15, -0.1) is 0 Å². The molecule has 0 radical (unpaired) electrons. The van der Waals surface area contributed by atoms with Crippen LogP contribution in [0.4, 0.5) is 14.9 Å². The van der Waals surface area contributed by atoms with Crippen molar-refractivity contribution in [3.05, 3.63) is 27.4 Å². The van der Waals surface area contributed by atoms with Gasteiger partial charge in [-0.3, -0.25) is 5.32 Å². The van der Waals surface area contributed by atoms with E-state index in [1.165, 1.54) is 12.1 Å². The first-order valence-electron chi connectivity index (χ1n) is 4.84. The zero-order chi connectivity index (χ0) is 13.2. The summed E-state index contributed by atoms with van der Waals surface area (Å²) in [6, 6.07) is 2.93. The van der Waals surface area contributed by atoms with Crippen molar-refractivity contribution in [2.75, 3.05) is 5.32 Å². The Labute approximate surface area is 112 Å². The largest absolute Gasteiger partial charge is 0.444 e. The lowest BCUT2D eigenvalue weighted by atomic mass is 10.2. The molecule has 3 nitrogen and oxygen atoms in total. The molecule has 6 heteroatoms. The molecule has 0 aliphatic rings. The van der Waals surface area contributed by atoms with Crippen molar-refractivity contribution in [3.8, 4) is 0 Å². The Morgan fingerprint density at radius 3 is 2.59 bits per heavy atom. The van der Waals surface area contributed by atoms with Crippen molar-refractivity contribution in [2.45, 2.75) is 26.4 Å². The Balaban J connectivity index is 2.89. The molecule has 1 aromatic carbocycles.